The summed E-state index contributed by atoms with van der Waals surface area (Å²) in [6, 6.07) is 16.4. The Labute approximate surface area is 287 Å². The van der Waals surface area contributed by atoms with E-state index in [9.17, 15) is 14.4 Å². The molecule has 5 rings (SSSR count). The standard InChI is InChI=1S/C39H55ClN4O3/c1-37(2,3)36(47)44(29-18-20-39(7,8)21-19-29)30-22-33(34(45)41-28-12-10-9-11-13-28)43(23-30)35(46)32-25-42(38(4,5)6)24-31(32)26-14-16-27(40)17-15-26/h9-17,29-33H,18-25H2,1-8H3,(H,41,45)/t30-,31-,32+,33-/m0/s1. The van der Waals surface area contributed by atoms with Crippen LogP contribution in [0.2, 0.25) is 5.02 Å². The molecule has 0 unspecified atom stereocenters. The number of para-hydroxylation sites is 1. The molecule has 47 heavy (non-hydrogen) atoms. The summed E-state index contributed by atoms with van der Waals surface area (Å²) in [7, 11) is 0. The van der Waals surface area contributed by atoms with Gasteiger partial charge in [-0.2, -0.15) is 0 Å². The molecular weight excluding hydrogens is 608 g/mol. The van der Waals surface area contributed by atoms with E-state index in [1.165, 1.54) is 0 Å². The average Bonchev–Trinajstić information content (AvgIpc) is 3.64. The summed E-state index contributed by atoms with van der Waals surface area (Å²) in [5.74, 6) is -0.483. The molecule has 1 aliphatic carbocycles. The minimum atomic E-state index is -0.683. The van der Waals surface area contributed by atoms with Crippen LogP contribution in [0.5, 0.6) is 0 Å². The molecular formula is C39H55ClN4O3. The molecule has 3 aliphatic rings. The van der Waals surface area contributed by atoms with Crippen molar-refractivity contribution in [2.75, 3.05) is 25.0 Å². The number of carbonyl (C=O) groups excluding carboxylic acids is 3. The molecule has 2 aliphatic heterocycles. The van der Waals surface area contributed by atoms with Crippen molar-refractivity contribution in [2.45, 2.75) is 117 Å². The summed E-state index contributed by atoms with van der Waals surface area (Å²) in [6.07, 6.45) is 4.38. The van der Waals surface area contributed by atoms with Crippen LogP contribution in [0.15, 0.2) is 54.6 Å². The molecule has 0 aromatic heterocycles. The predicted octanol–water partition coefficient (Wildman–Crippen LogP) is 7.61. The molecule has 1 saturated carbocycles. The molecule has 4 atom stereocenters. The first-order chi connectivity index (χ1) is 21.9. The van der Waals surface area contributed by atoms with E-state index in [0.29, 0.717) is 30.2 Å². The van der Waals surface area contributed by atoms with Gasteiger partial charge in [0.25, 0.3) is 0 Å². The van der Waals surface area contributed by atoms with E-state index >= 15 is 0 Å². The van der Waals surface area contributed by atoms with Crippen LogP contribution in [0.25, 0.3) is 0 Å². The van der Waals surface area contributed by atoms with Crippen molar-refractivity contribution in [3.8, 4) is 0 Å². The average molecular weight is 663 g/mol. The lowest BCUT2D eigenvalue weighted by molar-refractivity contribution is -0.147. The number of hydrogen-bond donors (Lipinski definition) is 1. The largest absolute Gasteiger partial charge is 0.334 e. The number of nitrogens with zero attached hydrogens (tertiary/aromatic N) is 3. The van der Waals surface area contributed by atoms with Crippen LogP contribution in [0, 0.1) is 16.7 Å². The topological polar surface area (TPSA) is 73.0 Å². The first-order valence-corrected chi connectivity index (χ1v) is 17.8. The van der Waals surface area contributed by atoms with Crippen LogP contribution in [-0.2, 0) is 14.4 Å². The SMILES string of the molecule is CC1(C)CCC(N(C(=O)C(C)(C)C)[C@H]2C[C@@H](C(=O)Nc3ccccc3)N(C(=O)[C@@H]3CN(C(C)(C)C)C[C@H]3c3ccc(Cl)cc3)C2)CC1. The number of hydrogen-bond acceptors (Lipinski definition) is 4. The van der Waals surface area contributed by atoms with Crippen LogP contribution in [0.4, 0.5) is 5.69 Å². The van der Waals surface area contributed by atoms with Crippen molar-refractivity contribution >= 4 is 35.0 Å². The van der Waals surface area contributed by atoms with Crippen LogP contribution < -0.4 is 5.32 Å². The van der Waals surface area contributed by atoms with Gasteiger partial charge in [-0.25, -0.2) is 0 Å². The highest BCUT2D eigenvalue weighted by atomic mass is 35.5. The highest BCUT2D eigenvalue weighted by Gasteiger charge is 2.51. The monoisotopic (exact) mass is 662 g/mol. The van der Waals surface area contributed by atoms with Gasteiger partial charge in [0.05, 0.1) is 12.0 Å². The summed E-state index contributed by atoms with van der Waals surface area (Å²) in [5, 5.41) is 3.75. The Morgan fingerprint density at radius 2 is 1.47 bits per heavy atom. The third kappa shape index (κ3) is 8.05. The highest BCUT2D eigenvalue weighted by Crippen LogP contribution is 2.42. The molecule has 0 radical (unpaired) electrons. The summed E-state index contributed by atoms with van der Waals surface area (Å²) in [5.41, 5.74) is 1.33. The fourth-order valence-electron chi connectivity index (χ4n) is 7.80. The van der Waals surface area contributed by atoms with E-state index in [1.54, 1.807) is 0 Å². The minimum Gasteiger partial charge on any atom is -0.334 e. The van der Waals surface area contributed by atoms with Gasteiger partial charge in [0, 0.05) is 53.3 Å². The third-order valence-corrected chi connectivity index (χ3v) is 11.0. The number of anilines is 1. The van der Waals surface area contributed by atoms with Crippen molar-refractivity contribution < 1.29 is 14.4 Å². The lowest BCUT2D eigenvalue weighted by atomic mass is 9.74. The van der Waals surface area contributed by atoms with Crippen molar-refractivity contribution in [2.24, 2.45) is 16.7 Å². The fourth-order valence-corrected chi connectivity index (χ4v) is 7.92. The minimum absolute atomic E-state index is 0.0136. The van der Waals surface area contributed by atoms with Crippen molar-refractivity contribution in [1.29, 1.82) is 0 Å². The molecule has 7 nitrogen and oxygen atoms in total. The molecule has 256 valence electrons. The maximum absolute atomic E-state index is 14.9. The Morgan fingerprint density at radius 1 is 0.851 bits per heavy atom. The van der Waals surface area contributed by atoms with Gasteiger partial charge in [-0.15, -0.1) is 0 Å². The summed E-state index contributed by atoms with van der Waals surface area (Å²) in [6.45, 7) is 18.8. The van der Waals surface area contributed by atoms with Gasteiger partial charge in [0.2, 0.25) is 17.7 Å². The first kappa shape index (κ1) is 35.4. The predicted molar refractivity (Wildman–Crippen MR) is 190 cm³/mol. The highest BCUT2D eigenvalue weighted by molar-refractivity contribution is 6.30. The molecule has 0 bridgehead atoms. The molecule has 2 saturated heterocycles. The zero-order valence-corrected chi connectivity index (χ0v) is 30.4. The second-order valence-corrected chi connectivity index (χ2v) is 17.4. The van der Waals surface area contributed by atoms with Gasteiger partial charge in [0.1, 0.15) is 6.04 Å². The molecule has 3 fully saturated rings. The van der Waals surface area contributed by atoms with E-state index in [1.807, 2.05) is 80.3 Å². The number of benzene rings is 2. The van der Waals surface area contributed by atoms with E-state index < -0.39 is 11.5 Å². The van der Waals surface area contributed by atoms with Crippen LogP contribution >= 0.6 is 11.6 Å². The fraction of sp³-hybridized carbons (Fsp3) is 0.615. The molecule has 1 N–H and O–H groups in total. The molecule has 3 amide bonds. The molecule has 0 spiro atoms. The van der Waals surface area contributed by atoms with Crippen LogP contribution in [0.1, 0.15) is 99.0 Å². The summed E-state index contributed by atoms with van der Waals surface area (Å²) in [4.78, 5) is 49.6. The first-order valence-electron chi connectivity index (χ1n) is 17.4. The van der Waals surface area contributed by atoms with Gasteiger partial charge < -0.3 is 15.1 Å². The Balaban J connectivity index is 1.50. The smallest absolute Gasteiger partial charge is 0.247 e. The second kappa shape index (κ2) is 13.5. The van der Waals surface area contributed by atoms with Gasteiger partial charge in [0.15, 0.2) is 0 Å². The Hall–Kier alpha value is -2.90. The maximum Gasteiger partial charge on any atom is 0.247 e. The molecule has 8 heteroatoms. The number of nitrogens with one attached hydrogen (secondary N) is 1. The Bertz CT molecular complexity index is 1420. The van der Waals surface area contributed by atoms with Crippen LogP contribution in [-0.4, -0.2) is 75.7 Å². The van der Waals surface area contributed by atoms with Gasteiger partial charge in [-0.05, 0) is 88.1 Å². The van der Waals surface area contributed by atoms with E-state index in [-0.39, 0.29) is 52.6 Å². The maximum atomic E-state index is 14.9. The number of likely N-dealkylation sites (tertiary alicyclic amines) is 2. The second-order valence-electron chi connectivity index (χ2n) is 16.9. The summed E-state index contributed by atoms with van der Waals surface area (Å²) >= 11 is 6.26. The number of carbonyl (C=O) groups is 3. The number of halogens is 1. The Morgan fingerprint density at radius 3 is 2.04 bits per heavy atom. The zero-order valence-electron chi connectivity index (χ0n) is 29.7. The Kier molecular flexibility index (Phi) is 10.2. The molecule has 2 aromatic carbocycles. The van der Waals surface area contributed by atoms with Gasteiger partial charge >= 0.3 is 0 Å². The molecule has 2 aromatic rings. The van der Waals surface area contributed by atoms with Crippen LogP contribution in [0.3, 0.4) is 0 Å². The quantitative estimate of drug-likeness (QED) is 0.346. The summed E-state index contributed by atoms with van der Waals surface area (Å²) < 4.78 is 0. The van der Waals surface area contributed by atoms with Crippen molar-refractivity contribution in [3.63, 3.8) is 0 Å². The van der Waals surface area contributed by atoms with Crippen molar-refractivity contribution in [3.05, 3.63) is 65.2 Å². The van der Waals surface area contributed by atoms with E-state index in [2.05, 4.69) is 49.7 Å². The zero-order chi connectivity index (χ0) is 34.3. The third-order valence-electron chi connectivity index (χ3n) is 10.8. The van der Waals surface area contributed by atoms with Gasteiger partial charge in [-0.1, -0.05) is 76.6 Å². The number of rotatable bonds is 6. The van der Waals surface area contributed by atoms with E-state index in [0.717, 1.165) is 37.8 Å². The van der Waals surface area contributed by atoms with Gasteiger partial charge in [-0.3, -0.25) is 19.3 Å². The normalized spacial score (nSPS) is 25.5. The lowest BCUT2D eigenvalue weighted by Gasteiger charge is -2.45. The van der Waals surface area contributed by atoms with E-state index in [4.69, 9.17) is 11.6 Å². The molecule has 2 heterocycles. The number of amides is 3. The lowest BCUT2D eigenvalue weighted by Crippen LogP contribution is -2.54. The van der Waals surface area contributed by atoms with Crippen molar-refractivity contribution in [1.82, 2.24) is 14.7 Å².